The Hall–Kier alpha value is 1.30. The molecule has 0 rings (SSSR count). The maximum absolute atomic E-state index is 9.86. The van der Waals surface area contributed by atoms with Gasteiger partial charge in [-0.3, -0.25) is 0 Å². The molecule has 0 spiro atoms. The first-order valence-corrected chi connectivity index (χ1v) is 5.73. The minimum Gasteiger partial charge on any atom is -0.748 e. The Kier molecular flexibility index (Phi) is 11.5. The second-order valence-electron chi connectivity index (χ2n) is 1.88. The van der Waals surface area contributed by atoms with Crippen molar-refractivity contribution in [1.82, 2.24) is 0 Å². The van der Waals surface area contributed by atoms with E-state index in [4.69, 9.17) is 0 Å². The van der Waals surface area contributed by atoms with Crippen molar-refractivity contribution >= 4 is 20.2 Å². The van der Waals surface area contributed by atoms with Crippen molar-refractivity contribution in [3.8, 4) is 0 Å². The first kappa shape index (κ1) is 19.8. The van der Waals surface area contributed by atoms with E-state index in [0.29, 0.717) is 0 Å². The molecule has 0 amide bonds. The molecule has 0 N–H and O–H groups in total. The topological polar surface area (TPSA) is 114 Å². The molecule has 0 aliphatic carbocycles. The molecule has 0 aliphatic heterocycles. The average Bonchev–Trinajstić information content (AvgIpc) is 1.55. The summed E-state index contributed by atoms with van der Waals surface area (Å²) in [7, 11) is -8.80. The normalized spacial score (nSPS) is 11.2. The first-order chi connectivity index (χ1) is 4.71. The van der Waals surface area contributed by atoms with Crippen molar-refractivity contribution < 1.29 is 70.7 Å². The smallest absolute Gasteiger partial charge is 0.748 e. The van der Waals surface area contributed by atoms with Crippen LogP contribution in [0.2, 0.25) is 0 Å². The quantitative estimate of drug-likeness (QED) is 0.404. The molecule has 6 nitrogen and oxygen atoms in total. The van der Waals surface area contributed by atoms with Gasteiger partial charge in [0.2, 0.25) is 0 Å². The summed E-state index contributed by atoms with van der Waals surface area (Å²) < 4.78 is 59.2. The summed E-state index contributed by atoms with van der Waals surface area (Å²) in [4.78, 5) is 0. The van der Waals surface area contributed by atoms with E-state index in [1.807, 2.05) is 0 Å². The van der Waals surface area contributed by atoms with Gasteiger partial charge < -0.3 is 9.11 Å². The van der Waals surface area contributed by atoms with Crippen molar-refractivity contribution in [1.29, 1.82) is 0 Å². The van der Waals surface area contributed by atoms with Crippen molar-refractivity contribution in [2.75, 3.05) is 11.5 Å². The molecule has 13 heavy (non-hydrogen) atoms. The second kappa shape index (κ2) is 7.57. The van der Waals surface area contributed by atoms with E-state index in [1.165, 1.54) is 0 Å². The van der Waals surface area contributed by atoms with Crippen LogP contribution in [0.4, 0.5) is 0 Å². The fourth-order valence-electron chi connectivity index (χ4n) is 0.412. The summed E-state index contributed by atoms with van der Waals surface area (Å²) in [6.45, 7) is 0. The Morgan fingerprint density at radius 2 is 1.00 bits per heavy atom. The van der Waals surface area contributed by atoms with E-state index in [0.717, 1.165) is 0 Å². The third-order valence-electron chi connectivity index (χ3n) is 0.789. The van der Waals surface area contributed by atoms with Crippen LogP contribution >= 0.6 is 0 Å². The van der Waals surface area contributed by atoms with E-state index in [2.05, 4.69) is 0 Å². The van der Waals surface area contributed by atoms with Crippen LogP contribution in [0.25, 0.3) is 0 Å². The molecule has 88 valence electrons. The van der Waals surface area contributed by atoms with Gasteiger partial charge in [0.15, 0.2) is 0 Å². The Bertz CT molecular complexity index is 273. The molecule has 0 heterocycles. The van der Waals surface area contributed by atoms with Crippen LogP contribution in [-0.4, -0.2) is 37.4 Å². The average molecular weight is 418 g/mol. The molecule has 0 saturated heterocycles. The third-order valence-corrected chi connectivity index (χ3v) is 2.37. The third kappa shape index (κ3) is 19.6. The summed E-state index contributed by atoms with van der Waals surface area (Å²) in [6, 6.07) is 0. The maximum atomic E-state index is 9.86. The fourth-order valence-corrected chi connectivity index (χ4v) is 1.59. The summed E-state index contributed by atoms with van der Waals surface area (Å²) in [5.74, 6) is -1.62. The Balaban J connectivity index is -0.000000500. The standard InChI is InChI=1S/C3H8O6S2.2Ag/c4-10(5,6)2-1-3-11(7,8)9;;/h1-3H2,(H,4,5,6)(H,7,8,9);;/q;2*+1/p-2. The van der Waals surface area contributed by atoms with E-state index < -0.39 is 38.2 Å². The van der Waals surface area contributed by atoms with E-state index >= 15 is 0 Å². The van der Waals surface area contributed by atoms with Gasteiger partial charge in [-0.25, -0.2) is 16.8 Å². The second-order valence-corrected chi connectivity index (χ2v) is 4.92. The molecule has 10 heteroatoms. The van der Waals surface area contributed by atoms with E-state index in [1.54, 1.807) is 0 Å². The predicted molar refractivity (Wildman–Crippen MR) is 33.7 cm³/mol. The van der Waals surface area contributed by atoms with Crippen LogP contribution in [0.15, 0.2) is 0 Å². The van der Waals surface area contributed by atoms with E-state index in [-0.39, 0.29) is 44.8 Å². The molecule has 0 aromatic heterocycles. The monoisotopic (exact) mass is 416 g/mol. The van der Waals surface area contributed by atoms with Crippen molar-refractivity contribution in [3.05, 3.63) is 0 Å². The zero-order chi connectivity index (χ0) is 9.12. The molecule has 0 atom stereocenters. The minimum atomic E-state index is -4.40. The molecule has 0 unspecified atom stereocenters. The van der Waals surface area contributed by atoms with Gasteiger partial charge in [0.05, 0.1) is 20.2 Å². The molecular weight excluding hydrogens is 412 g/mol. The van der Waals surface area contributed by atoms with Crippen LogP contribution in [0.1, 0.15) is 6.42 Å². The fraction of sp³-hybridized carbons (Fsp3) is 1.00. The van der Waals surface area contributed by atoms with Crippen LogP contribution in [0.3, 0.4) is 0 Å². The summed E-state index contributed by atoms with van der Waals surface area (Å²) in [6.07, 6.45) is -0.433. The zero-order valence-corrected chi connectivity index (χ0v) is 10.6. The van der Waals surface area contributed by atoms with Crippen LogP contribution in [0, 0.1) is 0 Å². The summed E-state index contributed by atoms with van der Waals surface area (Å²) in [5, 5.41) is 0. The molecular formula is C3H6Ag2O6S2. The number of hydrogen-bond acceptors (Lipinski definition) is 6. The predicted octanol–water partition coefficient (Wildman–Crippen LogP) is -1.54. The van der Waals surface area contributed by atoms with Gasteiger partial charge >= 0.3 is 44.8 Å². The van der Waals surface area contributed by atoms with E-state index in [9.17, 15) is 25.9 Å². The molecule has 0 saturated carbocycles. The largest absolute Gasteiger partial charge is 1.00 e. The molecule has 0 aromatic rings. The SMILES string of the molecule is O=S(=O)([O-])CCCS(=O)(=O)[O-].[Ag+].[Ag+]. The van der Waals surface area contributed by atoms with Crippen LogP contribution < -0.4 is 0 Å². The van der Waals surface area contributed by atoms with Crippen LogP contribution in [-0.2, 0) is 65.0 Å². The van der Waals surface area contributed by atoms with Gasteiger partial charge in [-0.2, -0.15) is 0 Å². The summed E-state index contributed by atoms with van der Waals surface area (Å²) >= 11 is 0. The zero-order valence-electron chi connectivity index (χ0n) is 5.99. The van der Waals surface area contributed by atoms with Gasteiger partial charge in [-0.05, 0) is 6.42 Å². The maximum Gasteiger partial charge on any atom is 1.00 e. The Morgan fingerprint density at radius 3 is 1.15 bits per heavy atom. The van der Waals surface area contributed by atoms with Crippen molar-refractivity contribution in [2.45, 2.75) is 6.42 Å². The van der Waals surface area contributed by atoms with Gasteiger partial charge in [-0.1, -0.05) is 0 Å². The molecule has 0 radical (unpaired) electrons. The van der Waals surface area contributed by atoms with Gasteiger partial charge in [0.1, 0.15) is 0 Å². The van der Waals surface area contributed by atoms with Crippen LogP contribution in [0.5, 0.6) is 0 Å². The molecule has 0 bridgehead atoms. The Morgan fingerprint density at radius 1 is 0.769 bits per heavy atom. The molecule has 0 fully saturated rings. The first-order valence-electron chi connectivity index (χ1n) is 2.58. The molecule has 0 aromatic carbocycles. The van der Waals surface area contributed by atoms with Gasteiger partial charge in [-0.15, -0.1) is 0 Å². The molecule has 0 aliphatic rings. The number of hydrogen-bond donors (Lipinski definition) is 0. The van der Waals surface area contributed by atoms with Crippen molar-refractivity contribution in [2.24, 2.45) is 0 Å². The Labute approximate surface area is 108 Å². The van der Waals surface area contributed by atoms with Gasteiger partial charge in [0.25, 0.3) is 0 Å². The van der Waals surface area contributed by atoms with Crippen molar-refractivity contribution in [3.63, 3.8) is 0 Å². The van der Waals surface area contributed by atoms with Gasteiger partial charge in [0, 0.05) is 11.5 Å². The minimum absolute atomic E-state index is 0. The number of rotatable bonds is 4. The summed E-state index contributed by atoms with van der Waals surface area (Å²) in [5.41, 5.74) is 0.